The third-order valence-corrected chi connectivity index (χ3v) is 2.55. The number of hydrogen-bond acceptors (Lipinski definition) is 1. The van der Waals surface area contributed by atoms with Crippen LogP contribution in [0.3, 0.4) is 0 Å². The Morgan fingerprint density at radius 3 is 2.69 bits per heavy atom. The van der Waals surface area contributed by atoms with Crippen molar-refractivity contribution in [3.8, 4) is 5.69 Å². The number of para-hydroxylation sites is 1. The van der Waals surface area contributed by atoms with Crippen LogP contribution in [0.4, 0.5) is 4.39 Å². The van der Waals surface area contributed by atoms with E-state index in [1.807, 2.05) is 0 Å². The molecule has 0 saturated heterocycles. The molecule has 0 saturated carbocycles. The first-order valence-corrected chi connectivity index (χ1v) is 5.25. The molecule has 0 aliphatic rings. The quantitative estimate of drug-likeness (QED) is 0.920. The van der Waals surface area contributed by atoms with Gasteiger partial charge in [-0.15, -0.1) is 0 Å². The average molecular weight is 284 g/mol. The standard InChI is InChI=1S/C11H7BrFNO2/c12-7-5-10(11(15)16)14(6-7)9-4-2-1-3-8(9)13/h1-6H,(H,15,16). The molecule has 2 aromatic rings. The largest absolute Gasteiger partial charge is 0.477 e. The van der Waals surface area contributed by atoms with E-state index in [1.54, 1.807) is 12.1 Å². The Balaban J connectivity index is 2.64. The van der Waals surface area contributed by atoms with Gasteiger partial charge in [-0.2, -0.15) is 0 Å². The van der Waals surface area contributed by atoms with Crippen LogP contribution in [0.25, 0.3) is 5.69 Å². The summed E-state index contributed by atoms with van der Waals surface area (Å²) in [5.74, 6) is -1.57. The molecular formula is C11H7BrFNO2. The van der Waals surface area contributed by atoms with Gasteiger partial charge in [-0.25, -0.2) is 9.18 Å². The van der Waals surface area contributed by atoms with E-state index in [0.29, 0.717) is 4.47 Å². The van der Waals surface area contributed by atoms with Gasteiger partial charge in [0.15, 0.2) is 0 Å². The molecule has 1 aromatic carbocycles. The van der Waals surface area contributed by atoms with E-state index >= 15 is 0 Å². The molecule has 1 heterocycles. The number of carbonyl (C=O) groups is 1. The molecule has 1 N–H and O–H groups in total. The van der Waals surface area contributed by atoms with E-state index in [1.165, 1.54) is 29.0 Å². The van der Waals surface area contributed by atoms with Crippen LogP contribution in [0.1, 0.15) is 10.5 Å². The van der Waals surface area contributed by atoms with Gasteiger partial charge in [0.2, 0.25) is 0 Å². The van der Waals surface area contributed by atoms with Crippen LogP contribution in [0, 0.1) is 5.82 Å². The molecule has 0 unspecified atom stereocenters. The summed E-state index contributed by atoms with van der Waals surface area (Å²) in [6.45, 7) is 0. The van der Waals surface area contributed by atoms with Crippen molar-refractivity contribution in [2.45, 2.75) is 0 Å². The van der Waals surface area contributed by atoms with Crippen molar-refractivity contribution >= 4 is 21.9 Å². The number of halogens is 2. The summed E-state index contributed by atoms with van der Waals surface area (Å²) in [5, 5.41) is 8.97. The van der Waals surface area contributed by atoms with Gasteiger partial charge in [-0.3, -0.25) is 0 Å². The number of benzene rings is 1. The van der Waals surface area contributed by atoms with Gasteiger partial charge >= 0.3 is 5.97 Å². The summed E-state index contributed by atoms with van der Waals surface area (Å²) in [5.41, 5.74) is 0.225. The van der Waals surface area contributed by atoms with Crippen LogP contribution < -0.4 is 0 Å². The van der Waals surface area contributed by atoms with Crippen LogP contribution in [0.15, 0.2) is 41.0 Å². The van der Waals surface area contributed by atoms with Gasteiger partial charge < -0.3 is 9.67 Å². The van der Waals surface area contributed by atoms with Crippen LogP contribution >= 0.6 is 15.9 Å². The Labute approximate surface area is 99.3 Å². The van der Waals surface area contributed by atoms with Crippen molar-refractivity contribution in [3.63, 3.8) is 0 Å². The fourth-order valence-electron chi connectivity index (χ4n) is 1.44. The molecule has 2 rings (SSSR count). The fourth-order valence-corrected chi connectivity index (χ4v) is 1.86. The molecule has 0 fully saturated rings. The zero-order valence-corrected chi connectivity index (χ0v) is 9.61. The van der Waals surface area contributed by atoms with E-state index in [-0.39, 0.29) is 11.4 Å². The number of carboxylic acids is 1. The Bertz CT molecular complexity index is 551. The highest BCUT2D eigenvalue weighted by molar-refractivity contribution is 9.10. The van der Waals surface area contributed by atoms with Crippen LogP contribution in [0.2, 0.25) is 0 Å². The zero-order valence-electron chi connectivity index (χ0n) is 8.02. The first-order chi connectivity index (χ1) is 7.59. The predicted octanol–water partition coefficient (Wildman–Crippen LogP) is 3.08. The smallest absolute Gasteiger partial charge is 0.352 e. The van der Waals surface area contributed by atoms with Gasteiger partial charge in [0.1, 0.15) is 11.5 Å². The van der Waals surface area contributed by atoms with Crippen molar-refractivity contribution in [1.29, 1.82) is 0 Å². The van der Waals surface area contributed by atoms with Crippen molar-refractivity contribution < 1.29 is 14.3 Å². The predicted molar refractivity (Wildman–Crippen MR) is 60.4 cm³/mol. The first kappa shape index (κ1) is 10.9. The fraction of sp³-hybridized carbons (Fsp3) is 0. The summed E-state index contributed by atoms with van der Waals surface area (Å²) >= 11 is 3.17. The summed E-state index contributed by atoms with van der Waals surface area (Å²) < 4.78 is 15.4. The van der Waals surface area contributed by atoms with Gasteiger partial charge in [-0.05, 0) is 34.1 Å². The summed E-state index contributed by atoms with van der Waals surface area (Å²) in [7, 11) is 0. The van der Waals surface area contributed by atoms with Crippen LogP contribution in [-0.4, -0.2) is 15.6 Å². The second kappa shape index (κ2) is 4.09. The third kappa shape index (κ3) is 1.86. The number of aromatic carboxylic acids is 1. The normalized spacial score (nSPS) is 10.4. The van der Waals surface area contributed by atoms with Crippen molar-refractivity contribution in [2.75, 3.05) is 0 Å². The number of carboxylic acid groups (broad SMARTS) is 1. The van der Waals surface area contributed by atoms with E-state index in [4.69, 9.17) is 5.11 Å². The number of aromatic nitrogens is 1. The van der Waals surface area contributed by atoms with Crippen molar-refractivity contribution in [2.24, 2.45) is 0 Å². The Hall–Kier alpha value is -1.62. The highest BCUT2D eigenvalue weighted by Gasteiger charge is 2.14. The van der Waals surface area contributed by atoms with E-state index in [9.17, 15) is 9.18 Å². The first-order valence-electron chi connectivity index (χ1n) is 4.45. The highest BCUT2D eigenvalue weighted by Crippen LogP contribution is 2.21. The molecule has 0 aliphatic carbocycles. The minimum atomic E-state index is -1.10. The van der Waals surface area contributed by atoms with Crippen molar-refractivity contribution in [1.82, 2.24) is 4.57 Å². The zero-order chi connectivity index (χ0) is 11.7. The molecule has 82 valence electrons. The number of hydrogen-bond donors (Lipinski definition) is 1. The second-order valence-electron chi connectivity index (χ2n) is 3.17. The maximum Gasteiger partial charge on any atom is 0.352 e. The summed E-state index contributed by atoms with van der Waals surface area (Å²) in [4.78, 5) is 11.0. The third-order valence-electron chi connectivity index (χ3n) is 2.12. The van der Waals surface area contributed by atoms with E-state index < -0.39 is 11.8 Å². The number of rotatable bonds is 2. The van der Waals surface area contributed by atoms with Crippen molar-refractivity contribution in [3.05, 3.63) is 52.5 Å². The maximum atomic E-state index is 13.5. The summed E-state index contributed by atoms with van der Waals surface area (Å²) in [6, 6.07) is 7.44. The molecule has 5 heteroatoms. The van der Waals surface area contributed by atoms with E-state index in [2.05, 4.69) is 15.9 Å². The maximum absolute atomic E-state index is 13.5. The molecule has 16 heavy (non-hydrogen) atoms. The molecule has 1 aromatic heterocycles. The van der Waals surface area contributed by atoms with Gasteiger partial charge in [-0.1, -0.05) is 12.1 Å². The lowest BCUT2D eigenvalue weighted by molar-refractivity contribution is 0.0688. The lowest BCUT2D eigenvalue weighted by Crippen LogP contribution is -2.06. The lowest BCUT2D eigenvalue weighted by atomic mass is 10.3. The molecular weight excluding hydrogens is 277 g/mol. The van der Waals surface area contributed by atoms with Crippen LogP contribution in [-0.2, 0) is 0 Å². The van der Waals surface area contributed by atoms with Gasteiger partial charge in [0.05, 0.1) is 5.69 Å². The topological polar surface area (TPSA) is 42.2 Å². The molecule has 0 bridgehead atoms. The van der Waals surface area contributed by atoms with Gasteiger partial charge in [0, 0.05) is 10.7 Å². The molecule has 0 amide bonds. The molecule has 0 spiro atoms. The monoisotopic (exact) mass is 283 g/mol. The lowest BCUT2D eigenvalue weighted by Gasteiger charge is -2.06. The van der Waals surface area contributed by atoms with E-state index in [0.717, 1.165) is 0 Å². The average Bonchev–Trinajstić information content (AvgIpc) is 2.61. The molecule has 0 radical (unpaired) electrons. The van der Waals surface area contributed by atoms with Crippen LogP contribution in [0.5, 0.6) is 0 Å². The number of nitrogens with zero attached hydrogens (tertiary/aromatic N) is 1. The van der Waals surface area contributed by atoms with Gasteiger partial charge in [0.25, 0.3) is 0 Å². The minimum absolute atomic E-state index is 0.0111. The molecule has 3 nitrogen and oxygen atoms in total. The highest BCUT2D eigenvalue weighted by atomic mass is 79.9. The Morgan fingerprint density at radius 1 is 1.38 bits per heavy atom. The Kier molecular flexibility index (Phi) is 2.78. The Morgan fingerprint density at radius 2 is 2.06 bits per heavy atom. The SMILES string of the molecule is O=C(O)c1cc(Br)cn1-c1ccccc1F. The minimum Gasteiger partial charge on any atom is -0.477 e. The molecule has 0 aliphatic heterocycles. The second-order valence-corrected chi connectivity index (χ2v) is 4.09. The summed E-state index contributed by atoms with van der Waals surface area (Å²) in [6.07, 6.45) is 1.52. The molecule has 0 atom stereocenters.